The molecule has 0 aromatic heterocycles. The fourth-order valence-corrected chi connectivity index (χ4v) is 6.99. The summed E-state index contributed by atoms with van der Waals surface area (Å²) in [6, 6.07) is 0.207. The molecule has 1 saturated heterocycles. The van der Waals surface area contributed by atoms with E-state index in [4.69, 9.17) is 5.73 Å². The van der Waals surface area contributed by atoms with Crippen LogP contribution in [-0.2, 0) is 4.79 Å². The molecule has 0 aromatic carbocycles. The van der Waals surface area contributed by atoms with Gasteiger partial charge in [0.2, 0.25) is 5.91 Å². The Morgan fingerprint density at radius 3 is 2.19 bits per heavy atom. The molecule has 3 atom stereocenters. The third-order valence-electron chi connectivity index (χ3n) is 6.59. The van der Waals surface area contributed by atoms with Gasteiger partial charge in [-0.05, 0) is 61.7 Å². The van der Waals surface area contributed by atoms with Crippen molar-refractivity contribution in [1.82, 2.24) is 4.90 Å². The van der Waals surface area contributed by atoms with E-state index in [-0.39, 0.29) is 23.9 Å². The van der Waals surface area contributed by atoms with Crippen molar-refractivity contribution in [3.05, 3.63) is 0 Å². The number of hydrogen-bond donors (Lipinski definition) is 1. The normalized spacial score (nSPS) is 51.1. The van der Waals surface area contributed by atoms with E-state index in [1.807, 2.05) is 0 Å². The summed E-state index contributed by atoms with van der Waals surface area (Å²) in [5.74, 6) is 1.24. The van der Waals surface area contributed by atoms with Gasteiger partial charge in [-0.3, -0.25) is 4.79 Å². The second-order valence-corrected chi connectivity index (χ2v) is 9.21. The molecule has 1 amide bonds. The first-order valence-electron chi connectivity index (χ1n) is 8.37. The molecule has 5 aliphatic rings. The fourth-order valence-electron chi connectivity index (χ4n) is 6.99. The van der Waals surface area contributed by atoms with Crippen molar-refractivity contribution in [3.63, 3.8) is 0 Å². The quantitative estimate of drug-likeness (QED) is 0.809. The van der Waals surface area contributed by atoms with Gasteiger partial charge in [0.05, 0.1) is 5.41 Å². The highest BCUT2D eigenvalue weighted by atomic mass is 35.5. The second kappa shape index (κ2) is 4.61. The first-order valence-corrected chi connectivity index (χ1v) is 8.37. The maximum atomic E-state index is 13.2. The van der Waals surface area contributed by atoms with Gasteiger partial charge in [-0.15, -0.1) is 12.4 Å². The Morgan fingerprint density at radius 1 is 1.10 bits per heavy atom. The Labute approximate surface area is 134 Å². The first kappa shape index (κ1) is 15.6. The number of likely N-dealkylation sites (tertiary alicyclic amines) is 1. The number of hydrogen-bond acceptors (Lipinski definition) is 2. The van der Waals surface area contributed by atoms with Gasteiger partial charge in [0.15, 0.2) is 0 Å². The fraction of sp³-hybridized carbons (Fsp3) is 0.941. The van der Waals surface area contributed by atoms with E-state index in [1.165, 1.54) is 19.3 Å². The van der Waals surface area contributed by atoms with Crippen LogP contribution in [0.15, 0.2) is 0 Å². The van der Waals surface area contributed by atoms with Crippen LogP contribution in [0.1, 0.15) is 58.8 Å². The van der Waals surface area contributed by atoms with Crippen molar-refractivity contribution in [2.45, 2.75) is 64.8 Å². The van der Waals surface area contributed by atoms with Crippen molar-refractivity contribution < 1.29 is 4.79 Å². The van der Waals surface area contributed by atoms with E-state index in [2.05, 4.69) is 18.7 Å². The van der Waals surface area contributed by atoms with Crippen molar-refractivity contribution in [1.29, 1.82) is 0 Å². The molecule has 4 bridgehead atoms. The maximum Gasteiger partial charge on any atom is 0.228 e. The first-order chi connectivity index (χ1) is 9.32. The number of nitrogens with two attached hydrogens (primary N) is 1. The summed E-state index contributed by atoms with van der Waals surface area (Å²) in [7, 11) is 0. The molecular formula is C17H29ClN2O. The Hall–Kier alpha value is -0.280. The van der Waals surface area contributed by atoms with Crippen LogP contribution >= 0.6 is 12.4 Å². The zero-order valence-electron chi connectivity index (χ0n) is 13.4. The largest absolute Gasteiger partial charge is 0.341 e. The molecule has 2 N–H and O–H groups in total. The Morgan fingerprint density at radius 2 is 1.71 bits per heavy atom. The minimum atomic E-state index is -0.0347. The molecule has 0 radical (unpaired) electrons. The lowest BCUT2D eigenvalue weighted by Gasteiger charge is -2.65. The third kappa shape index (κ3) is 2.31. The van der Waals surface area contributed by atoms with Gasteiger partial charge in [-0.25, -0.2) is 0 Å². The van der Waals surface area contributed by atoms with E-state index in [1.54, 1.807) is 0 Å². The highest BCUT2D eigenvalue weighted by molar-refractivity contribution is 5.85. The van der Waals surface area contributed by atoms with Crippen molar-refractivity contribution in [2.75, 3.05) is 13.1 Å². The molecular weight excluding hydrogens is 284 g/mol. The molecule has 0 spiro atoms. The highest BCUT2D eigenvalue weighted by Gasteiger charge is 2.63. The number of carbonyl (C=O) groups is 1. The minimum Gasteiger partial charge on any atom is -0.341 e. The average molecular weight is 313 g/mol. The van der Waals surface area contributed by atoms with Gasteiger partial charge >= 0.3 is 0 Å². The Balaban J connectivity index is 0.00000132. The highest BCUT2D eigenvalue weighted by Crippen LogP contribution is 2.69. The zero-order chi connectivity index (χ0) is 14.2. The van der Waals surface area contributed by atoms with E-state index in [0.717, 1.165) is 44.7 Å². The number of rotatable bonds is 1. The average Bonchev–Trinajstić information content (AvgIpc) is 2.69. The van der Waals surface area contributed by atoms with Crippen molar-refractivity contribution in [3.8, 4) is 0 Å². The SMILES string of the molecule is CC12CC3CC(C)(C1)CC(C(=O)N1CC[C@H](N)C1)(C3)C2.Cl. The number of nitrogens with zero attached hydrogens (tertiary/aromatic N) is 1. The molecule has 4 saturated carbocycles. The molecule has 4 heteroatoms. The van der Waals surface area contributed by atoms with Crippen LogP contribution in [0, 0.1) is 22.2 Å². The standard InChI is InChI=1S/C17H28N2O.ClH/c1-15-5-12-6-16(2,9-15)11-17(7-12,10-15)14(20)19-4-3-13(18)8-19;/h12-13H,3-11,18H2,1-2H3;1H/t12?,13-,15?,16?,17?;/m0./s1. The molecule has 120 valence electrons. The van der Waals surface area contributed by atoms with Gasteiger partial charge in [0, 0.05) is 19.1 Å². The number of carbonyl (C=O) groups excluding carboxylic acids is 1. The number of halogens is 1. The third-order valence-corrected chi connectivity index (χ3v) is 6.59. The second-order valence-electron chi connectivity index (χ2n) is 9.21. The summed E-state index contributed by atoms with van der Waals surface area (Å²) in [5, 5.41) is 0. The van der Waals surface area contributed by atoms with Gasteiger partial charge in [-0.2, -0.15) is 0 Å². The van der Waals surface area contributed by atoms with Crippen LogP contribution in [0.4, 0.5) is 0 Å². The van der Waals surface area contributed by atoms with Crippen molar-refractivity contribution in [2.24, 2.45) is 27.9 Å². The van der Waals surface area contributed by atoms with Crippen LogP contribution in [0.3, 0.4) is 0 Å². The molecule has 2 unspecified atom stereocenters. The molecule has 3 nitrogen and oxygen atoms in total. The summed E-state index contributed by atoms with van der Waals surface area (Å²) >= 11 is 0. The zero-order valence-corrected chi connectivity index (χ0v) is 14.2. The van der Waals surface area contributed by atoms with Gasteiger partial charge in [0.25, 0.3) is 0 Å². The molecule has 4 aliphatic carbocycles. The molecule has 5 fully saturated rings. The summed E-state index contributed by atoms with van der Waals surface area (Å²) in [5.41, 5.74) is 6.82. The van der Waals surface area contributed by atoms with Crippen LogP contribution in [0.25, 0.3) is 0 Å². The monoisotopic (exact) mass is 312 g/mol. The van der Waals surface area contributed by atoms with Crippen LogP contribution in [0.5, 0.6) is 0 Å². The Bertz CT molecular complexity index is 448. The summed E-state index contributed by atoms with van der Waals surface area (Å²) < 4.78 is 0. The van der Waals surface area contributed by atoms with E-state index in [9.17, 15) is 4.79 Å². The molecule has 5 rings (SSSR count). The lowest BCUT2D eigenvalue weighted by molar-refractivity contribution is -0.178. The van der Waals surface area contributed by atoms with Gasteiger partial charge in [0.1, 0.15) is 0 Å². The smallest absolute Gasteiger partial charge is 0.228 e. The number of amides is 1. The lowest BCUT2D eigenvalue weighted by atomic mass is 9.40. The topological polar surface area (TPSA) is 46.3 Å². The van der Waals surface area contributed by atoms with Crippen LogP contribution < -0.4 is 5.73 Å². The molecule has 0 aromatic rings. The van der Waals surface area contributed by atoms with Gasteiger partial charge < -0.3 is 10.6 Å². The predicted molar refractivity (Wildman–Crippen MR) is 86.3 cm³/mol. The van der Waals surface area contributed by atoms with E-state index >= 15 is 0 Å². The van der Waals surface area contributed by atoms with E-state index < -0.39 is 0 Å². The predicted octanol–water partition coefficient (Wildman–Crippen LogP) is 2.96. The summed E-state index contributed by atoms with van der Waals surface area (Å²) in [4.78, 5) is 15.3. The summed E-state index contributed by atoms with van der Waals surface area (Å²) in [6.45, 7) is 6.56. The minimum absolute atomic E-state index is 0. The Kier molecular flexibility index (Phi) is 3.43. The molecule has 1 aliphatic heterocycles. The van der Waals surface area contributed by atoms with E-state index in [0.29, 0.717) is 16.7 Å². The molecule has 21 heavy (non-hydrogen) atoms. The maximum absolute atomic E-state index is 13.2. The van der Waals surface area contributed by atoms with Gasteiger partial charge in [-0.1, -0.05) is 13.8 Å². The lowest BCUT2D eigenvalue weighted by Crippen LogP contribution is -2.60. The molecule has 1 heterocycles. The van der Waals surface area contributed by atoms with Crippen LogP contribution in [0.2, 0.25) is 0 Å². The summed E-state index contributed by atoms with van der Waals surface area (Å²) in [6.07, 6.45) is 8.47. The van der Waals surface area contributed by atoms with Crippen molar-refractivity contribution >= 4 is 18.3 Å². The van der Waals surface area contributed by atoms with Crippen LogP contribution in [-0.4, -0.2) is 29.9 Å².